The van der Waals surface area contributed by atoms with Crippen molar-refractivity contribution in [3.05, 3.63) is 35.9 Å². The van der Waals surface area contributed by atoms with Crippen LogP contribution in [-0.4, -0.2) is 295 Å². The lowest BCUT2D eigenvalue weighted by molar-refractivity contribution is -0.135. The van der Waals surface area contributed by atoms with Crippen LogP contribution >= 0.6 is 0 Å². The van der Waals surface area contributed by atoms with E-state index in [1.165, 1.54) is 186 Å². The van der Waals surface area contributed by atoms with Crippen molar-refractivity contribution in [1.29, 1.82) is 0 Å². The fourth-order valence-corrected chi connectivity index (χ4v) is 21.5. The second kappa shape index (κ2) is 70.7. The molecule has 11 heterocycles. The first-order valence-electron chi connectivity index (χ1n) is 55.6. The molecule has 1 aromatic rings. The van der Waals surface area contributed by atoms with Crippen molar-refractivity contribution in [2.24, 2.45) is 64.9 Å². The first-order valence-corrected chi connectivity index (χ1v) is 57.5. The van der Waals surface area contributed by atoms with Gasteiger partial charge in [0, 0.05) is 172 Å². The summed E-state index contributed by atoms with van der Waals surface area (Å²) in [5, 5.41) is 0. The number of likely N-dealkylation sites (tertiary alicyclic amines) is 8. The molecule has 21 heteroatoms. The molecule has 14 aliphatic rings. The summed E-state index contributed by atoms with van der Waals surface area (Å²) < 4.78 is 27.2. The van der Waals surface area contributed by atoms with E-state index in [1.54, 1.807) is 11.8 Å². The molecule has 3 aliphatic carbocycles. The molecule has 15 rings (SSSR count). The number of nitrogens with two attached hydrogens (primary N) is 1. The van der Waals surface area contributed by atoms with Gasteiger partial charge in [-0.2, -0.15) is 0 Å². The van der Waals surface area contributed by atoms with Crippen LogP contribution in [0.15, 0.2) is 30.3 Å². The van der Waals surface area contributed by atoms with Gasteiger partial charge < -0.3 is 54.6 Å². The van der Waals surface area contributed by atoms with Gasteiger partial charge in [-0.05, 0) is 311 Å². The molecule has 1 unspecified atom stereocenters. The van der Waals surface area contributed by atoms with E-state index in [-0.39, 0.29) is 11.9 Å². The SMILES string of the molecule is CC(=O)N1CCC(C(C)C)CC1.CC(C)C1CCC1.CC(C)C1CCCCC1.CC(C)C1CCCCC1.CC(C)C1CCS(=O)(=O)CC1.CC(C)N1CC(N)C1.CC(C)N1CCC1.CC(C)N1CCCC(c2ccccc2)C1.CC(C)N1CCCC1=O.CC(C)N1CCCC1=O.CC(C)N1CCCCC1.CC(C)N1CCCCC1=O.CC(C)N1CCN(C)C1=O.CC(C)N1CCOCC1. The van der Waals surface area contributed by atoms with Gasteiger partial charge in [0.15, 0.2) is 0 Å². The third-order valence-corrected chi connectivity index (χ3v) is 32.4. The van der Waals surface area contributed by atoms with Crippen LogP contribution in [0.2, 0.25) is 0 Å². The van der Waals surface area contributed by atoms with Crippen LogP contribution < -0.4 is 5.73 Å². The molecule has 20 nitrogen and oxygen atoms in total. The van der Waals surface area contributed by atoms with Gasteiger partial charge in [0.1, 0.15) is 9.84 Å². The average molecular weight is 1910 g/mol. The fourth-order valence-electron chi connectivity index (χ4n) is 19.9. The lowest BCUT2D eigenvalue weighted by Crippen LogP contribution is -2.57. The number of rotatable bonds is 15. The van der Waals surface area contributed by atoms with Gasteiger partial charge in [0.25, 0.3) is 0 Å². The largest absolute Gasteiger partial charge is 0.379 e. The molecule has 134 heavy (non-hydrogen) atoms. The monoisotopic (exact) mass is 1910 g/mol. The van der Waals surface area contributed by atoms with E-state index in [0.717, 1.165) is 202 Å². The maximum atomic E-state index is 11.2. The third kappa shape index (κ3) is 53.8. The van der Waals surface area contributed by atoms with Crippen LogP contribution in [0.3, 0.4) is 0 Å². The highest BCUT2D eigenvalue weighted by molar-refractivity contribution is 7.91. The normalized spacial score (nSPS) is 22.1. The molecule has 0 bridgehead atoms. The van der Waals surface area contributed by atoms with Crippen LogP contribution in [0.25, 0.3) is 0 Å². The molecule has 14 fully saturated rings. The van der Waals surface area contributed by atoms with E-state index in [0.29, 0.717) is 89.4 Å². The first kappa shape index (κ1) is 126. The highest BCUT2D eigenvalue weighted by Gasteiger charge is 2.32. The smallest absolute Gasteiger partial charge is 0.320 e. The Hall–Kier alpha value is -3.96. The van der Waals surface area contributed by atoms with E-state index in [4.69, 9.17) is 10.5 Å². The molecule has 1 atom stereocenters. The number of morpholine rings is 1. The van der Waals surface area contributed by atoms with Crippen LogP contribution in [0, 0.1) is 59.2 Å². The quantitative estimate of drug-likeness (QED) is 0.174. The number of carbonyl (C=O) groups excluding carboxylic acids is 5. The summed E-state index contributed by atoms with van der Waals surface area (Å²) in [7, 11) is -0.811. The Labute approximate surface area is 829 Å². The molecule has 11 aliphatic heterocycles. The van der Waals surface area contributed by atoms with Gasteiger partial charge >= 0.3 is 6.03 Å². The maximum absolute atomic E-state index is 11.2. The number of likely N-dealkylation sites (N-methyl/N-ethyl adjacent to an activating group) is 1. The summed E-state index contributed by atoms with van der Waals surface area (Å²) in [6, 6.07) is 16.7. The minimum atomic E-state index is -2.65. The highest BCUT2D eigenvalue weighted by Crippen LogP contribution is 2.34. The van der Waals surface area contributed by atoms with Gasteiger partial charge in [-0.3, -0.25) is 29.0 Å². The maximum Gasteiger partial charge on any atom is 0.320 e. The molecule has 2 N–H and O–H groups in total. The van der Waals surface area contributed by atoms with Crippen molar-refractivity contribution in [2.75, 3.05) is 143 Å². The van der Waals surface area contributed by atoms with Crippen molar-refractivity contribution >= 4 is 39.5 Å². The molecule has 786 valence electrons. The number of piperidine rings is 4. The van der Waals surface area contributed by atoms with Crippen molar-refractivity contribution in [1.82, 2.24) is 53.9 Å². The Morgan fingerprint density at radius 3 is 0.925 bits per heavy atom. The molecule has 11 saturated heterocycles. The highest BCUT2D eigenvalue weighted by atomic mass is 32.2. The Balaban J connectivity index is 0.000000490. The predicted molar refractivity (Wildman–Crippen MR) is 573 cm³/mol. The zero-order valence-electron chi connectivity index (χ0n) is 93.2. The second-order valence-electron chi connectivity index (χ2n) is 45.8. The van der Waals surface area contributed by atoms with Gasteiger partial charge in [-0.25, -0.2) is 13.2 Å². The summed E-state index contributed by atoms with van der Waals surface area (Å²) in [4.78, 5) is 79.1. The summed E-state index contributed by atoms with van der Waals surface area (Å²) in [6.07, 6.45) is 38.6. The minimum absolute atomic E-state index is 0.162. The minimum Gasteiger partial charge on any atom is -0.379 e. The van der Waals surface area contributed by atoms with Crippen LogP contribution in [-0.2, 0) is 33.8 Å². The van der Waals surface area contributed by atoms with E-state index >= 15 is 0 Å². The van der Waals surface area contributed by atoms with E-state index < -0.39 is 9.84 Å². The predicted octanol–water partition coefficient (Wildman–Crippen LogP) is 23.5. The van der Waals surface area contributed by atoms with Crippen molar-refractivity contribution in [3.63, 3.8) is 0 Å². The van der Waals surface area contributed by atoms with E-state index in [9.17, 15) is 32.4 Å². The number of amides is 6. The topological polar surface area (TPSA) is 190 Å². The Morgan fingerprint density at radius 1 is 0.321 bits per heavy atom. The molecule has 0 aromatic heterocycles. The van der Waals surface area contributed by atoms with Crippen molar-refractivity contribution in [3.8, 4) is 0 Å². The Kier molecular flexibility index (Phi) is 66.5. The fraction of sp³-hybridized carbons (Fsp3) is 0.903. The average Bonchev–Trinajstić information content (AvgIpc) is 1.85. The standard InChI is InChI=1S/C14H21N.C10H19NO.2C9H18.C8H15NO.C8H17N.C8H16O2S.C7H14N2O.C7H15NO.2C7H13NO.C7H14.C6H14N2.C6H13N/c1-12(2)15-10-6-9-14(11-15)13-7-4-3-5-8-13;1-8(2)10-4-6-11(7-5-10)9(3)12;2*1-8(2)9-6-4-3-5-7-9;1-7(2)9-6-4-3-5-8(9)10;1-8(2)9-6-4-3-5-7-9;1-7(2)8-3-5-11(9,10)6-4-8;1-6(2)9-5-4-8(3)7(9)10;1-7(2)8-3-5-9-6-4-8;2*1-6(2)8-5-3-4-7(8)9;1-6(2)7-4-3-5-7;1-5(2)8-3-6(7)4-8;1-6(2)7-4-3-5-7/h3-5,7-8,12,14H,6,9-11H2,1-2H3;8,10H,4-7H2,1-3H3;2*8-9H,3-7H2,1-2H3;7H,3-6H2,1-2H3;8H,3-7H2,1-2H3;7-8H,3-6H2,1-2H3;6H,4-5H2,1-3H3;7H,3-6H2,1-2H3;2*6H,3-5H2,1-2H3;6-7H,3-5H2,1-2H3;5-6H,3-4,7H2,1-2H3;6H,3-5H2,1-2H3. The van der Waals surface area contributed by atoms with Crippen molar-refractivity contribution < 1.29 is 37.1 Å². The Bertz CT molecular complexity index is 3070. The summed E-state index contributed by atoms with van der Waals surface area (Å²) >= 11 is 0. The van der Waals surface area contributed by atoms with Gasteiger partial charge in [-0.15, -0.1) is 0 Å². The number of hydrogen-bond acceptors (Lipinski definition) is 14. The molecule has 3 saturated carbocycles. The number of sulfone groups is 1. The molecular formula is C113H220N12O8S. The Morgan fingerprint density at radius 2 is 0.657 bits per heavy atom. The molecule has 0 radical (unpaired) electrons. The van der Waals surface area contributed by atoms with Gasteiger partial charge in [0.05, 0.1) is 24.7 Å². The molecule has 6 amide bonds. The third-order valence-electron chi connectivity index (χ3n) is 30.7. The summed E-state index contributed by atoms with van der Waals surface area (Å²) in [5.74, 6) is 11.7. The molecular weight excluding hydrogens is 1690 g/mol. The number of hydrogen-bond donors (Lipinski definition) is 1. The number of urea groups is 1. The summed E-state index contributed by atoms with van der Waals surface area (Å²) in [5.41, 5.74) is 7.08. The van der Waals surface area contributed by atoms with Crippen molar-refractivity contribution in [2.45, 2.75) is 460 Å². The lowest BCUT2D eigenvalue weighted by Gasteiger charge is -2.39. The van der Waals surface area contributed by atoms with Gasteiger partial charge in [0.2, 0.25) is 23.6 Å². The first-order chi connectivity index (χ1) is 63.2. The summed E-state index contributed by atoms with van der Waals surface area (Å²) in [6.45, 7) is 84.3. The number of nitrogens with zero attached hydrogens (tertiary/aromatic N) is 11. The number of benzene rings is 1. The van der Waals surface area contributed by atoms with E-state index in [1.807, 2.05) is 45.4 Å². The number of ether oxygens (including phenoxy) is 1. The molecule has 0 spiro atoms. The number of carbonyl (C=O) groups is 5. The van der Waals surface area contributed by atoms with E-state index in [2.05, 4.69) is 235 Å². The van der Waals surface area contributed by atoms with Gasteiger partial charge in [-0.1, -0.05) is 189 Å². The van der Waals surface area contributed by atoms with Crippen LogP contribution in [0.4, 0.5) is 4.79 Å². The van der Waals surface area contributed by atoms with Crippen LogP contribution in [0.1, 0.15) is 405 Å². The second-order valence-corrected chi connectivity index (χ2v) is 48.1. The lowest BCUT2D eigenvalue weighted by atomic mass is 9.78. The van der Waals surface area contributed by atoms with Crippen LogP contribution in [0.5, 0.6) is 0 Å². The molecule has 1 aromatic carbocycles. The zero-order valence-corrected chi connectivity index (χ0v) is 94.1. The zero-order chi connectivity index (χ0) is 101.